The van der Waals surface area contributed by atoms with Gasteiger partial charge in [-0.1, -0.05) is 6.07 Å². The van der Waals surface area contributed by atoms with Crippen molar-refractivity contribution in [3.8, 4) is 0 Å². The Morgan fingerprint density at radius 3 is 3.00 bits per heavy atom. The minimum atomic E-state index is -0.375. The molecule has 0 unspecified atom stereocenters. The molecule has 22 heavy (non-hydrogen) atoms. The quantitative estimate of drug-likeness (QED) is 0.911. The number of nitrogens with zero attached hydrogens (tertiary/aromatic N) is 1. The van der Waals surface area contributed by atoms with E-state index in [9.17, 15) is 9.18 Å². The summed E-state index contributed by atoms with van der Waals surface area (Å²) in [6.45, 7) is 3.26. The maximum Gasteiger partial charge on any atom is 0.134 e. The Labute approximate surface area is 128 Å². The first-order chi connectivity index (χ1) is 10.6. The molecule has 0 amide bonds. The highest BCUT2D eigenvalue weighted by Crippen LogP contribution is 2.21. The Morgan fingerprint density at radius 2 is 2.23 bits per heavy atom. The van der Waals surface area contributed by atoms with E-state index in [-0.39, 0.29) is 18.0 Å². The number of rotatable bonds is 4. The summed E-state index contributed by atoms with van der Waals surface area (Å²) in [7, 11) is 0. The predicted octanol–water partition coefficient (Wildman–Crippen LogP) is 2.74. The molecule has 0 bridgehead atoms. The van der Waals surface area contributed by atoms with Crippen LogP contribution in [0.15, 0.2) is 30.5 Å². The van der Waals surface area contributed by atoms with Gasteiger partial charge in [-0.05, 0) is 54.8 Å². The van der Waals surface area contributed by atoms with Gasteiger partial charge in [0.2, 0.25) is 0 Å². The Morgan fingerprint density at radius 1 is 1.36 bits per heavy atom. The van der Waals surface area contributed by atoms with Crippen LogP contribution in [0.5, 0.6) is 0 Å². The molecule has 0 spiro atoms. The van der Waals surface area contributed by atoms with Gasteiger partial charge in [0.15, 0.2) is 0 Å². The van der Waals surface area contributed by atoms with Gasteiger partial charge in [-0.3, -0.25) is 4.79 Å². The first kappa shape index (κ1) is 14.7. The molecule has 1 aromatic carbocycles. The van der Waals surface area contributed by atoms with E-state index in [4.69, 9.17) is 0 Å². The molecule has 2 heterocycles. The molecule has 5 heteroatoms. The zero-order chi connectivity index (χ0) is 15.5. The van der Waals surface area contributed by atoms with Gasteiger partial charge in [0, 0.05) is 24.8 Å². The van der Waals surface area contributed by atoms with Crippen LogP contribution < -0.4 is 10.6 Å². The van der Waals surface area contributed by atoms with Gasteiger partial charge >= 0.3 is 0 Å². The first-order valence-corrected chi connectivity index (χ1v) is 7.35. The summed E-state index contributed by atoms with van der Waals surface area (Å²) >= 11 is 0. The maximum atomic E-state index is 14.0. The molecule has 0 saturated carbocycles. The number of benzene rings is 1. The van der Waals surface area contributed by atoms with Crippen molar-refractivity contribution in [2.75, 3.05) is 11.9 Å². The molecule has 1 aliphatic heterocycles. The van der Waals surface area contributed by atoms with Crippen molar-refractivity contribution in [3.63, 3.8) is 0 Å². The van der Waals surface area contributed by atoms with Crippen LogP contribution in [0.4, 0.5) is 15.9 Å². The van der Waals surface area contributed by atoms with E-state index >= 15 is 0 Å². The van der Waals surface area contributed by atoms with Gasteiger partial charge in [-0.2, -0.15) is 0 Å². The Hall–Kier alpha value is -2.27. The molecule has 2 N–H and O–H groups in total. The third-order valence-electron chi connectivity index (χ3n) is 3.73. The van der Waals surface area contributed by atoms with Gasteiger partial charge in [0.1, 0.15) is 17.4 Å². The molecular formula is C17H18FN3O. The Kier molecular flexibility index (Phi) is 4.15. The van der Waals surface area contributed by atoms with Crippen LogP contribution in [-0.2, 0) is 24.2 Å². The predicted molar refractivity (Wildman–Crippen MR) is 83.7 cm³/mol. The normalized spacial score (nSPS) is 13.5. The highest BCUT2D eigenvalue weighted by Gasteiger charge is 2.11. The topological polar surface area (TPSA) is 54.0 Å². The Balaban J connectivity index is 1.78. The number of aromatic nitrogens is 1. The molecule has 0 saturated heterocycles. The summed E-state index contributed by atoms with van der Waals surface area (Å²) in [6, 6.07) is 6.79. The van der Waals surface area contributed by atoms with E-state index < -0.39 is 0 Å². The summed E-state index contributed by atoms with van der Waals surface area (Å²) in [4.78, 5) is 15.5. The van der Waals surface area contributed by atoms with E-state index in [1.54, 1.807) is 12.1 Å². The van der Waals surface area contributed by atoms with Crippen molar-refractivity contribution < 1.29 is 9.18 Å². The molecule has 0 aliphatic carbocycles. The summed E-state index contributed by atoms with van der Waals surface area (Å²) in [5, 5.41) is 6.43. The highest BCUT2D eigenvalue weighted by atomic mass is 19.1. The zero-order valence-corrected chi connectivity index (χ0v) is 12.4. The number of pyridine rings is 1. The average molecular weight is 299 g/mol. The SMILES string of the molecule is CC(=O)Cc1ccc(Nc2cc3c(cn2)CCNC3)cc1F. The number of hydrogen-bond donors (Lipinski definition) is 2. The standard InChI is InChI=1S/C17H18FN3O/c1-11(22)6-12-2-3-15(8-16(12)18)21-17-7-14-9-19-5-4-13(14)10-20-17/h2-3,7-8,10,19H,4-6,9H2,1H3,(H,20,21). The van der Waals surface area contributed by atoms with E-state index in [0.717, 1.165) is 19.5 Å². The van der Waals surface area contributed by atoms with Gasteiger partial charge < -0.3 is 10.6 Å². The number of halogens is 1. The van der Waals surface area contributed by atoms with Crippen LogP contribution in [0.2, 0.25) is 0 Å². The van der Waals surface area contributed by atoms with E-state index in [0.29, 0.717) is 17.1 Å². The second kappa shape index (κ2) is 6.23. The highest BCUT2D eigenvalue weighted by molar-refractivity contribution is 5.78. The van der Waals surface area contributed by atoms with Crippen LogP contribution >= 0.6 is 0 Å². The fourth-order valence-electron chi connectivity index (χ4n) is 2.61. The number of ketones is 1. The average Bonchev–Trinajstić information content (AvgIpc) is 2.49. The fraction of sp³-hybridized carbons (Fsp3) is 0.294. The second-order valence-corrected chi connectivity index (χ2v) is 5.58. The van der Waals surface area contributed by atoms with Gasteiger partial charge in [-0.15, -0.1) is 0 Å². The molecule has 3 rings (SSSR count). The summed E-state index contributed by atoms with van der Waals surface area (Å²) in [6.07, 6.45) is 2.98. The summed E-state index contributed by atoms with van der Waals surface area (Å²) in [5.74, 6) is 0.268. The summed E-state index contributed by atoms with van der Waals surface area (Å²) in [5.41, 5.74) is 3.52. The molecule has 0 radical (unpaired) electrons. The number of carbonyl (C=O) groups excluding carboxylic acids is 1. The van der Waals surface area contributed by atoms with Crippen molar-refractivity contribution in [2.24, 2.45) is 0 Å². The molecule has 0 atom stereocenters. The van der Waals surface area contributed by atoms with E-state index in [1.165, 1.54) is 24.1 Å². The third kappa shape index (κ3) is 3.31. The Bertz CT molecular complexity index is 715. The molecule has 1 aliphatic rings. The number of hydrogen-bond acceptors (Lipinski definition) is 4. The van der Waals surface area contributed by atoms with Crippen LogP contribution in [-0.4, -0.2) is 17.3 Å². The lowest BCUT2D eigenvalue weighted by molar-refractivity contribution is -0.116. The number of carbonyl (C=O) groups is 1. The van der Waals surface area contributed by atoms with E-state index in [2.05, 4.69) is 15.6 Å². The number of anilines is 2. The third-order valence-corrected chi connectivity index (χ3v) is 3.73. The molecule has 0 fully saturated rings. The van der Waals surface area contributed by atoms with Crippen molar-refractivity contribution in [1.82, 2.24) is 10.3 Å². The van der Waals surface area contributed by atoms with Crippen LogP contribution in [0.1, 0.15) is 23.6 Å². The van der Waals surface area contributed by atoms with Gasteiger partial charge in [-0.25, -0.2) is 9.37 Å². The minimum Gasteiger partial charge on any atom is -0.340 e. The number of Topliss-reactive ketones (excluding diaryl/α,β-unsaturated/α-hetero) is 1. The smallest absolute Gasteiger partial charge is 0.134 e. The lowest BCUT2D eigenvalue weighted by Crippen LogP contribution is -2.23. The van der Waals surface area contributed by atoms with Crippen LogP contribution in [0, 0.1) is 5.82 Å². The minimum absolute atomic E-state index is 0.0523. The van der Waals surface area contributed by atoms with Crippen molar-refractivity contribution >= 4 is 17.3 Å². The second-order valence-electron chi connectivity index (χ2n) is 5.58. The lowest BCUT2D eigenvalue weighted by Gasteiger charge is -2.17. The summed E-state index contributed by atoms with van der Waals surface area (Å²) < 4.78 is 14.0. The molecule has 114 valence electrons. The largest absolute Gasteiger partial charge is 0.340 e. The van der Waals surface area contributed by atoms with Gasteiger partial charge in [0.05, 0.1) is 0 Å². The molecule has 1 aromatic heterocycles. The van der Waals surface area contributed by atoms with E-state index in [1.807, 2.05) is 12.3 Å². The van der Waals surface area contributed by atoms with Crippen molar-refractivity contribution in [3.05, 3.63) is 53.0 Å². The molecule has 2 aromatic rings. The van der Waals surface area contributed by atoms with Gasteiger partial charge in [0.25, 0.3) is 0 Å². The lowest BCUT2D eigenvalue weighted by atomic mass is 10.0. The number of nitrogens with one attached hydrogen (secondary N) is 2. The van der Waals surface area contributed by atoms with Crippen molar-refractivity contribution in [2.45, 2.75) is 26.3 Å². The van der Waals surface area contributed by atoms with Crippen LogP contribution in [0.25, 0.3) is 0 Å². The maximum absolute atomic E-state index is 14.0. The monoisotopic (exact) mass is 299 g/mol. The molecular weight excluding hydrogens is 281 g/mol. The first-order valence-electron chi connectivity index (χ1n) is 7.35. The fourth-order valence-corrected chi connectivity index (χ4v) is 2.61. The van der Waals surface area contributed by atoms with Crippen LogP contribution in [0.3, 0.4) is 0 Å². The zero-order valence-electron chi connectivity index (χ0n) is 12.4. The van der Waals surface area contributed by atoms with Crippen molar-refractivity contribution in [1.29, 1.82) is 0 Å². The molecule has 4 nitrogen and oxygen atoms in total. The number of fused-ring (bicyclic) bond motifs is 1.